The van der Waals surface area contributed by atoms with Gasteiger partial charge in [-0.3, -0.25) is 0 Å². The van der Waals surface area contributed by atoms with Crippen LogP contribution in [0.1, 0.15) is 22.2 Å². The molecule has 2 N–H and O–H groups in total. The third-order valence-corrected chi connectivity index (χ3v) is 4.02. The van der Waals surface area contributed by atoms with E-state index in [1.165, 1.54) is 17.4 Å². The number of thiazole rings is 1. The second-order valence-electron chi connectivity index (χ2n) is 3.81. The van der Waals surface area contributed by atoms with Gasteiger partial charge in [0, 0.05) is 21.5 Å². The Hall–Kier alpha value is -0.970. The first-order chi connectivity index (χ1) is 8.09. The van der Waals surface area contributed by atoms with Crippen LogP contribution >= 0.6 is 22.9 Å². The Morgan fingerprint density at radius 3 is 2.88 bits per heavy atom. The van der Waals surface area contributed by atoms with Gasteiger partial charge in [0.15, 0.2) is 0 Å². The van der Waals surface area contributed by atoms with Crippen molar-refractivity contribution in [2.45, 2.75) is 19.4 Å². The van der Waals surface area contributed by atoms with Crippen LogP contribution in [0.15, 0.2) is 23.7 Å². The Bertz CT molecular complexity index is 507. The summed E-state index contributed by atoms with van der Waals surface area (Å²) in [7, 11) is 0. The molecule has 1 aromatic heterocycles. The highest BCUT2D eigenvalue weighted by molar-refractivity contribution is 7.09. The molecule has 0 saturated carbocycles. The van der Waals surface area contributed by atoms with Crippen molar-refractivity contribution >= 4 is 22.9 Å². The Labute approximate surface area is 108 Å². The van der Waals surface area contributed by atoms with E-state index in [4.69, 9.17) is 17.3 Å². The summed E-state index contributed by atoms with van der Waals surface area (Å²) in [5.74, 6) is -0.310. The number of hydrogen-bond donors (Lipinski definition) is 1. The van der Waals surface area contributed by atoms with Crippen molar-refractivity contribution in [1.82, 2.24) is 4.98 Å². The van der Waals surface area contributed by atoms with Crippen LogP contribution < -0.4 is 5.73 Å². The first-order valence-electron chi connectivity index (χ1n) is 5.18. The smallest absolute Gasteiger partial charge is 0.127 e. The molecule has 5 heteroatoms. The average molecular weight is 271 g/mol. The normalized spacial score (nSPS) is 12.7. The molecule has 2 rings (SSSR count). The minimum Gasteiger partial charge on any atom is -0.323 e. The third-order valence-electron chi connectivity index (χ3n) is 2.61. The average Bonchev–Trinajstić information content (AvgIpc) is 2.70. The minimum atomic E-state index is -0.310. The number of aryl methyl sites for hydroxylation is 1. The van der Waals surface area contributed by atoms with Gasteiger partial charge in [-0.05, 0) is 25.5 Å². The van der Waals surface area contributed by atoms with Gasteiger partial charge in [0.05, 0.1) is 11.2 Å². The second kappa shape index (κ2) is 5.12. The molecule has 0 spiro atoms. The fourth-order valence-electron chi connectivity index (χ4n) is 1.71. The second-order valence-corrected chi connectivity index (χ2v) is 5.11. The molecule has 0 bridgehead atoms. The first kappa shape index (κ1) is 12.5. The zero-order valence-corrected chi connectivity index (χ0v) is 10.9. The van der Waals surface area contributed by atoms with E-state index in [1.54, 1.807) is 17.6 Å². The number of halogens is 2. The Balaban J connectivity index is 2.25. The Morgan fingerprint density at radius 2 is 2.29 bits per heavy atom. The molecule has 1 heterocycles. The Morgan fingerprint density at radius 1 is 1.53 bits per heavy atom. The van der Waals surface area contributed by atoms with E-state index in [9.17, 15) is 4.39 Å². The highest BCUT2D eigenvalue weighted by Gasteiger charge is 2.16. The van der Waals surface area contributed by atoms with Gasteiger partial charge in [0.2, 0.25) is 0 Å². The van der Waals surface area contributed by atoms with Crippen molar-refractivity contribution in [1.29, 1.82) is 0 Å². The topological polar surface area (TPSA) is 38.9 Å². The molecular weight excluding hydrogens is 259 g/mol. The van der Waals surface area contributed by atoms with Crippen LogP contribution in [0.2, 0.25) is 5.02 Å². The highest BCUT2D eigenvalue weighted by atomic mass is 35.5. The number of nitrogens with zero attached hydrogens (tertiary/aromatic N) is 1. The fraction of sp³-hybridized carbons (Fsp3) is 0.250. The van der Waals surface area contributed by atoms with Gasteiger partial charge in [-0.2, -0.15) is 0 Å². The number of nitrogens with two attached hydrogens (primary N) is 1. The van der Waals surface area contributed by atoms with Gasteiger partial charge in [0.1, 0.15) is 5.82 Å². The van der Waals surface area contributed by atoms with E-state index in [-0.39, 0.29) is 11.9 Å². The first-order valence-corrected chi connectivity index (χ1v) is 6.44. The molecule has 0 aliphatic rings. The van der Waals surface area contributed by atoms with Gasteiger partial charge >= 0.3 is 0 Å². The van der Waals surface area contributed by atoms with Gasteiger partial charge < -0.3 is 5.73 Å². The van der Waals surface area contributed by atoms with Crippen molar-refractivity contribution < 1.29 is 4.39 Å². The van der Waals surface area contributed by atoms with E-state index in [2.05, 4.69) is 4.98 Å². The molecule has 90 valence electrons. The molecule has 0 radical (unpaired) electrons. The summed E-state index contributed by atoms with van der Waals surface area (Å²) in [5.41, 5.74) is 9.16. The van der Waals surface area contributed by atoms with Crippen molar-refractivity contribution in [3.05, 3.63) is 50.7 Å². The predicted octanol–water partition coefficient (Wildman–Crippen LogP) is 3.49. The maximum Gasteiger partial charge on any atom is 0.127 e. The molecule has 2 nitrogen and oxygen atoms in total. The van der Waals surface area contributed by atoms with Gasteiger partial charge in [-0.1, -0.05) is 17.7 Å². The molecule has 2 aromatic rings. The quantitative estimate of drug-likeness (QED) is 0.927. The summed E-state index contributed by atoms with van der Waals surface area (Å²) in [6.07, 6.45) is 0.383. The van der Waals surface area contributed by atoms with E-state index in [0.717, 1.165) is 10.6 Å². The maximum absolute atomic E-state index is 13.6. The molecule has 0 fully saturated rings. The SMILES string of the molecule is Cc1ncsc1C(N)Cc1c(F)cccc1Cl. The summed E-state index contributed by atoms with van der Waals surface area (Å²) >= 11 is 7.45. The zero-order valence-electron chi connectivity index (χ0n) is 9.28. The number of rotatable bonds is 3. The summed E-state index contributed by atoms with van der Waals surface area (Å²) in [6.45, 7) is 1.90. The lowest BCUT2D eigenvalue weighted by molar-refractivity contribution is 0.594. The van der Waals surface area contributed by atoms with Crippen molar-refractivity contribution in [3.63, 3.8) is 0 Å². The van der Waals surface area contributed by atoms with E-state index in [1.807, 2.05) is 6.92 Å². The minimum absolute atomic E-state index is 0.267. The lowest BCUT2D eigenvalue weighted by atomic mass is 10.0. The largest absolute Gasteiger partial charge is 0.323 e. The summed E-state index contributed by atoms with van der Waals surface area (Å²) in [5, 5.41) is 0.419. The van der Waals surface area contributed by atoms with Crippen LogP contribution in [0.5, 0.6) is 0 Å². The van der Waals surface area contributed by atoms with Gasteiger partial charge in [-0.15, -0.1) is 11.3 Å². The molecule has 0 aliphatic heterocycles. The van der Waals surface area contributed by atoms with Crippen LogP contribution in [-0.2, 0) is 6.42 Å². The molecule has 1 unspecified atom stereocenters. The third kappa shape index (κ3) is 2.65. The molecular formula is C12H12ClFN2S. The van der Waals surface area contributed by atoms with Crippen LogP contribution in [-0.4, -0.2) is 4.98 Å². The van der Waals surface area contributed by atoms with Crippen molar-refractivity contribution in [3.8, 4) is 0 Å². The van der Waals surface area contributed by atoms with E-state index < -0.39 is 0 Å². The van der Waals surface area contributed by atoms with Gasteiger partial charge in [0.25, 0.3) is 0 Å². The van der Waals surface area contributed by atoms with Crippen LogP contribution in [0, 0.1) is 12.7 Å². The molecule has 0 aliphatic carbocycles. The van der Waals surface area contributed by atoms with Crippen molar-refractivity contribution in [2.24, 2.45) is 5.73 Å². The number of benzene rings is 1. The number of hydrogen-bond acceptors (Lipinski definition) is 3. The van der Waals surface area contributed by atoms with E-state index in [0.29, 0.717) is 17.0 Å². The monoisotopic (exact) mass is 270 g/mol. The summed E-state index contributed by atoms with van der Waals surface area (Å²) < 4.78 is 13.6. The molecule has 1 atom stereocenters. The van der Waals surface area contributed by atoms with Gasteiger partial charge in [-0.25, -0.2) is 9.37 Å². The zero-order chi connectivity index (χ0) is 12.4. The highest BCUT2D eigenvalue weighted by Crippen LogP contribution is 2.27. The molecule has 17 heavy (non-hydrogen) atoms. The van der Waals surface area contributed by atoms with Crippen molar-refractivity contribution in [2.75, 3.05) is 0 Å². The standard InChI is InChI=1S/C12H12ClFN2S/c1-7-12(17-6-16-7)11(15)5-8-9(13)3-2-4-10(8)14/h2-4,6,11H,5,15H2,1H3. The van der Waals surface area contributed by atoms with Crippen LogP contribution in [0.3, 0.4) is 0 Å². The summed E-state index contributed by atoms with van der Waals surface area (Å²) in [6, 6.07) is 4.39. The van der Waals surface area contributed by atoms with Crippen LogP contribution in [0.4, 0.5) is 4.39 Å². The maximum atomic E-state index is 13.6. The number of aromatic nitrogens is 1. The summed E-state index contributed by atoms with van der Waals surface area (Å²) in [4.78, 5) is 5.11. The van der Waals surface area contributed by atoms with Crippen LogP contribution in [0.25, 0.3) is 0 Å². The molecule has 1 aromatic carbocycles. The Kier molecular flexibility index (Phi) is 3.76. The lowest BCUT2D eigenvalue weighted by Crippen LogP contribution is -2.14. The fourth-order valence-corrected chi connectivity index (χ4v) is 2.75. The molecule has 0 saturated heterocycles. The predicted molar refractivity (Wildman–Crippen MR) is 68.9 cm³/mol. The van der Waals surface area contributed by atoms with E-state index >= 15 is 0 Å². The lowest BCUT2D eigenvalue weighted by Gasteiger charge is -2.12. The molecule has 0 amide bonds.